The minimum absolute atomic E-state index is 0.203. The molecule has 6 nitrogen and oxygen atoms in total. The first-order chi connectivity index (χ1) is 14.2. The maximum absolute atomic E-state index is 12.5. The van der Waals surface area contributed by atoms with E-state index in [1.165, 1.54) is 0 Å². The number of amides is 1. The largest absolute Gasteiger partial charge is 0.497 e. The molecular formula is C23H20N2O4. The lowest BCUT2D eigenvalue weighted by molar-refractivity contribution is 0.0950. The summed E-state index contributed by atoms with van der Waals surface area (Å²) in [7, 11) is 3.10. The normalized spacial score (nSPS) is 10.7. The molecule has 1 heterocycles. The summed E-state index contributed by atoms with van der Waals surface area (Å²) in [5, 5.41) is 2.91. The Morgan fingerprint density at radius 2 is 1.66 bits per heavy atom. The zero-order valence-corrected chi connectivity index (χ0v) is 16.1. The van der Waals surface area contributed by atoms with Crippen LogP contribution in [-0.4, -0.2) is 25.1 Å². The molecule has 0 bridgehead atoms. The smallest absolute Gasteiger partial charge is 0.251 e. The number of ether oxygens (including phenoxy) is 2. The van der Waals surface area contributed by atoms with E-state index in [4.69, 9.17) is 13.9 Å². The Balaban J connectivity index is 1.44. The van der Waals surface area contributed by atoms with Gasteiger partial charge in [0.25, 0.3) is 5.91 Å². The van der Waals surface area contributed by atoms with E-state index >= 15 is 0 Å². The monoisotopic (exact) mass is 388 g/mol. The van der Waals surface area contributed by atoms with E-state index < -0.39 is 0 Å². The predicted octanol–water partition coefficient (Wildman–Crippen LogP) is 4.44. The van der Waals surface area contributed by atoms with Gasteiger partial charge < -0.3 is 19.2 Å². The first-order valence-electron chi connectivity index (χ1n) is 9.12. The fourth-order valence-electron chi connectivity index (χ4n) is 2.98. The van der Waals surface area contributed by atoms with Gasteiger partial charge in [-0.05, 0) is 42.0 Å². The highest BCUT2D eigenvalue weighted by molar-refractivity contribution is 5.95. The third kappa shape index (κ3) is 4.06. The second-order valence-corrected chi connectivity index (χ2v) is 6.47. The lowest BCUT2D eigenvalue weighted by Gasteiger charge is -2.09. The molecule has 1 N–H and O–H groups in total. The van der Waals surface area contributed by atoms with Crippen LogP contribution in [0.25, 0.3) is 22.6 Å². The van der Waals surface area contributed by atoms with Crippen LogP contribution in [0.2, 0.25) is 0 Å². The zero-order chi connectivity index (χ0) is 20.2. The minimum Gasteiger partial charge on any atom is -0.497 e. The summed E-state index contributed by atoms with van der Waals surface area (Å²) in [4.78, 5) is 17.0. The zero-order valence-electron chi connectivity index (χ0n) is 16.1. The fourth-order valence-corrected chi connectivity index (χ4v) is 2.98. The van der Waals surface area contributed by atoms with Crippen LogP contribution in [0.5, 0.6) is 11.5 Å². The van der Waals surface area contributed by atoms with E-state index in [1.54, 1.807) is 32.4 Å². The molecule has 0 radical (unpaired) electrons. The minimum atomic E-state index is -0.203. The number of aromatic nitrogens is 1. The quantitative estimate of drug-likeness (QED) is 0.529. The average Bonchev–Trinajstić information content (AvgIpc) is 3.21. The molecule has 0 saturated heterocycles. The van der Waals surface area contributed by atoms with Crippen molar-refractivity contribution in [2.24, 2.45) is 0 Å². The molecule has 0 atom stereocenters. The summed E-state index contributed by atoms with van der Waals surface area (Å²) in [6.45, 7) is 0.395. The molecule has 1 aromatic heterocycles. The topological polar surface area (TPSA) is 73.6 Å². The summed E-state index contributed by atoms with van der Waals surface area (Å²) >= 11 is 0. The molecule has 4 rings (SSSR count). The van der Waals surface area contributed by atoms with Crippen molar-refractivity contribution in [1.82, 2.24) is 10.3 Å². The van der Waals surface area contributed by atoms with Gasteiger partial charge in [-0.25, -0.2) is 4.98 Å². The van der Waals surface area contributed by atoms with Crippen molar-refractivity contribution in [2.75, 3.05) is 14.2 Å². The summed E-state index contributed by atoms with van der Waals surface area (Å²) in [6, 6.07) is 20.5. The van der Waals surface area contributed by atoms with Gasteiger partial charge in [-0.2, -0.15) is 0 Å². The third-order valence-corrected chi connectivity index (χ3v) is 4.56. The van der Waals surface area contributed by atoms with E-state index in [2.05, 4.69) is 10.3 Å². The Kier molecular flexibility index (Phi) is 5.16. The van der Waals surface area contributed by atoms with Gasteiger partial charge in [0.1, 0.15) is 17.0 Å². The predicted molar refractivity (Wildman–Crippen MR) is 110 cm³/mol. The molecular weight excluding hydrogens is 368 g/mol. The van der Waals surface area contributed by atoms with Gasteiger partial charge in [-0.3, -0.25) is 4.79 Å². The van der Waals surface area contributed by atoms with Crippen molar-refractivity contribution < 1.29 is 18.7 Å². The van der Waals surface area contributed by atoms with Crippen LogP contribution >= 0.6 is 0 Å². The maximum atomic E-state index is 12.5. The molecule has 0 unspecified atom stereocenters. The number of oxazole rings is 1. The molecule has 0 aliphatic carbocycles. The lowest BCUT2D eigenvalue weighted by Crippen LogP contribution is -2.22. The number of hydrogen-bond acceptors (Lipinski definition) is 5. The van der Waals surface area contributed by atoms with Gasteiger partial charge in [0.05, 0.1) is 14.2 Å². The fraction of sp³-hybridized carbons (Fsp3) is 0.130. The van der Waals surface area contributed by atoms with Crippen LogP contribution < -0.4 is 14.8 Å². The number of carbonyl (C=O) groups is 1. The Bertz CT molecular complexity index is 1090. The first-order valence-corrected chi connectivity index (χ1v) is 9.12. The molecule has 0 aliphatic heterocycles. The van der Waals surface area contributed by atoms with E-state index in [0.29, 0.717) is 29.5 Å². The van der Waals surface area contributed by atoms with E-state index in [-0.39, 0.29) is 5.91 Å². The van der Waals surface area contributed by atoms with Crippen LogP contribution in [0.1, 0.15) is 15.9 Å². The van der Waals surface area contributed by atoms with Gasteiger partial charge in [-0.1, -0.05) is 24.3 Å². The molecule has 1 amide bonds. The number of methoxy groups -OCH3 is 2. The molecule has 0 spiro atoms. The van der Waals surface area contributed by atoms with Crippen LogP contribution in [0.15, 0.2) is 71.1 Å². The molecule has 0 fully saturated rings. The number of carbonyl (C=O) groups excluding carboxylic acids is 1. The van der Waals surface area contributed by atoms with Crippen molar-refractivity contribution in [3.63, 3.8) is 0 Å². The number of nitrogens with one attached hydrogen (secondary N) is 1. The van der Waals surface area contributed by atoms with Crippen LogP contribution in [0.3, 0.4) is 0 Å². The second kappa shape index (κ2) is 8.06. The highest BCUT2D eigenvalue weighted by atomic mass is 16.5. The van der Waals surface area contributed by atoms with Gasteiger partial charge in [-0.15, -0.1) is 0 Å². The van der Waals surface area contributed by atoms with Crippen molar-refractivity contribution >= 4 is 17.0 Å². The third-order valence-electron chi connectivity index (χ3n) is 4.56. The van der Waals surface area contributed by atoms with E-state index in [0.717, 1.165) is 22.2 Å². The number of fused-ring (bicyclic) bond motifs is 1. The lowest BCUT2D eigenvalue weighted by atomic mass is 10.1. The molecule has 0 saturated carbocycles. The average molecular weight is 388 g/mol. The summed E-state index contributed by atoms with van der Waals surface area (Å²) in [5.41, 5.74) is 3.91. The number of hydrogen-bond donors (Lipinski definition) is 1. The Hall–Kier alpha value is -3.80. The molecule has 4 aromatic rings. The van der Waals surface area contributed by atoms with E-state index in [9.17, 15) is 4.79 Å². The number of benzene rings is 3. The molecule has 29 heavy (non-hydrogen) atoms. The van der Waals surface area contributed by atoms with Crippen molar-refractivity contribution in [3.8, 4) is 23.0 Å². The Morgan fingerprint density at radius 1 is 0.966 bits per heavy atom. The molecule has 0 aliphatic rings. The van der Waals surface area contributed by atoms with E-state index in [1.807, 2.05) is 48.5 Å². The van der Waals surface area contributed by atoms with Gasteiger partial charge in [0.2, 0.25) is 5.89 Å². The standard InChI is InChI=1S/C23H20N2O4/c1-27-18-11-17(12-19(13-18)28-2)22(26)24-14-15-7-9-16(10-8-15)23-25-20-5-3-4-6-21(20)29-23/h3-13H,14H2,1-2H3,(H,24,26). The van der Waals surface area contributed by atoms with Crippen molar-refractivity contribution in [2.45, 2.75) is 6.54 Å². The van der Waals surface area contributed by atoms with Gasteiger partial charge >= 0.3 is 0 Å². The first kappa shape index (κ1) is 18.6. The van der Waals surface area contributed by atoms with Crippen LogP contribution in [0, 0.1) is 0 Å². The molecule has 6 heteroatoms. The molecule has 146 valence electrons. The van der Waals surface area contributed by atoms with Crippen LogP contribution in [-0.2, 0) is 6.54 Å². The van der Waals surface area contributed by atoms with Gasteiger partial charge in [0, 0.05) is 23.7 Å². The number of para-hydroxylation sites is 2. The Labute approximate surface area is 168 Å². The summed E-state index contributed by atoms with van der Waals surface area (Å²) in [6.07, 6.45) is 0. The SMILES string of the molecule is COc1cc(OC)cc(C(=O)NCc2ccc(-c3nc4ccccc4o3)cc2)c1. The summed E-state index contributed by atoms with van der Waals surface area (Å²) in [5.74, 6) is 1.50. The van der Waals surface area contributed by atoms with Gasteiger partial charge in [0.15, 0.2) is 5.58 Å². The number of nitrogens with zero attached hydrogens (tertiary/aromatic N) is 1. The van der Waals surface area contributed by atoms with Crippen molar-refractivity contribution in [1.29, 1.82) is 0 Å². The van der Waals surface area contributed by atoms with Crippen LogP contribution in [0.4, 0.5) is 0 Å². The second-order valence-electron chi connectivity index (χ2n) is 6.47. The molecule has 3 aromatic carbocycles. The summed E-state index contributed by atoms with van der Waals surface area (Å²) < 4.78 is 16.2. The highest BCUT2D eigenvalue weighted by Crippen LogP contribution is 2.25. The maximum Gasteiger partial charge on any atom is 0.251 e. The van der Waals surface area contributed by atoms with Crippen molar-refractivity contribution in [3.05, 3.63) is 77.9 Å². The highest BCUT2D eigenvalue weighted by Gasteiger charge is 2.11. The number of rotatable bonds is 6. The Morgan fingerprint density at radius 3 is 2.31 bits per heavy atom.